The minimum atomic E-state index is -1.07. The van der Waals surface area contributed by atoms with Crippen LogP contribution in [-0.2, 0) is 4.79 Å². The van der Waals surface area contributed by atoms with Crippen molar-refractivity contribution in [2.24, 2.45) is 5.92 Å². The maximum absolute atomic E-state index is 14.3. The van der Waals surface area contributed by atoms with Crippen LogP contribution in [0, 0.1) is 11.9 Å². The van der Waals surface area contributed by atoms with Crippen molar-refractivity contribution in [1.82, 2.24) is 10.3 Å². The van der Waals surface area contributed by atoms with Gasteiger partial charge in [-0.25, -0.2) is 9.37 Å². The fraction of sp³-hybridized carbons (Fsp3) is 0.368. The van der Waals surface area contributed by atoms with E-state index in [0.717, 1.165) is 18.4 Å². The van der Waals surface area contributed by atoms with Gasteiger partial charge in [-0.15, -0.1) is 0 Å². The minimum Gasteiger partial charge on any atom is -0.343 e. The summed E-state index contributed by atoms with van der Waals surface area (Å²) in [5.74, 6) is -1.13. The molecule has 0 radical (unpaired) electrons. The zero-order valence-electron chi connectivity index (χ0n) is 13.1. The van der Waals surface area contributed by atoms with E-state index in [1.54, 1.807) is 12.1 Å². The molecule has 1 N–H and O–H groups in total. The second-order valence-electron chi connectivity index (χ2n) is 6.60. The number of nitrogens with one attached hydrogen (secondary N) is 1. The first-order chi connectivity index (χ1) is 11.6. The molecule has 4 rings (SSSR count). The van der Waals surface area contributed by atoms with Crippen LogP contribution >= 0.6 is 0 Å². The molecule has 3 unspecified atom stereocenters. The van der Waals surface area contributed by atoms with Crippen molar-refractivity contribution in [2.45, 2.75) is 37.4 Å². The Bertz CT molecular complexity index is 761. The average Bonchev–Trinajstić information content (AvgIpc) is 3.50. The summed E-state index contributed by atoms with van der Waals surface area (Å²) in [6.07, 6.45) is 1.19. The van der Waals surface area contributed by atoms with Gasteiger partial charge in [-0.1, -0.05) is 36.4 Å². The molecule has 2 aromatic rings. The Morgan fingerprint density at radius 3 is 2.46 bits per heavy atom. The first-order valence-corrected chi connectivity index (χ1v) is 8.29. The Hall–Kier alpha value is -2.30. The molecule has 0 aliphatic heterocycles. The summed E-state index contributed by atoms with van der Waals surface area (Å²) in [6, 6.07) is 12.2. The van der Waals surface area contributed by atoms with Crippen LogP contribution in [0.5, 0.6) is 0 Å². The quantitative estimate of drug-likeness (QED) is 0.851. The number of aromatic nitrogens is 1. The topological polar surface area (TPSA) is 42.0 Å². The lowest BCUT2D eigenvalue weighted by atomic mass is 10.0. The highest BCUT2D eigenvalue weighted by atomic mass is 19.1. The van der Waals surface area contributed by atoms with E-state index in [4.69, 9.17) is 0 Å². The van der Waals surface area contributed by atoms with E-state index < -0.39 is 24.1 Å². The minimum absolute atomic E-state index is 0.260. The Morgan fingerprint density at radius 1 is 1.17 bits per heavy atom. The lowest BCUT2D eigenvalue weighted by molar-refractivity contribution is -0.123. The highest BCUT2D eigenvalue weighted by Gasteiger charge is 2.44. The van der Waals surface area contributed by atoms with Crippen molar-refractivity contribution < 1.29 is 13.6 Å². The van der Waals surface area contributed by atoms with Gasteiger partial charge in [-0.2, -0.15) is 4.39 Å². The number of hydrogen-bond acceptors (Lipinski definition) is 2. The molecular weight excluding hydrogens is 310 g/mol. The molecule has 1 aromatic carbocycles. The van der Waals surface area contributed by atoms with Crippen LogP contribution in [0.4, 0.5) is 8.78 Å². The van der Waals surface area contributed by atoms with Crippen LogP contribution < -0.4 is 5.32 Å². The molecule has 3 nitrogen and oxygen atoms in total. The lowest BCUT2D eigenvalue weighted by Crippen LogP contribution is -2.31. The maximum Gasteiger partial charge on any atom is 0.226 e. The van der Waals surface area contributed by atoms with E-state index >= 15 is 0 Å². The van der Waals surface area contributed by atoms with Gasteiger partial charge in [0, 0.05) is 5.56 Å². The molecule has 124 valence electrons. The molecule has 2 aliphatic rings. The van der Waals surface area contributed by atoms with E-state index in [9.17, 15) is 13.6 Å². The summed E-state index contributed by atoms with van der Waals surface area (Å²) in [5.41, 5.74) is 1.88. The van der Waals surface area contributed by atoms with Crippen LogP contribution in [0.3, 0.4) is 0 Å². The highest BCUT2D eigenvalue weighted by Crippen LogP contribution is 2.41. The molecule has 1 heterocycles. The zero-order valence-corrected chi connectivity index (χ0v) is 13.1. The van der Waals surface area contributed by atoms with E-state index in [1.165, 1.54) is 0 Å². The van der Waals surface area contributed by atoms with E-state index in [0.29, 0.717) is 11.3 Å². The molecule has 3 atom stereocenters. The van der Waals surface area contributed by atoms with Crippen LogP contribution in [-0.4, -0.2) is 17.1 Å². The van der Waals surface area contributed by atoms with Crippen molar-refractivity contribution in [3.8, 4) is 0 Å². The van der Waals surface area contributed by atoms with E-state index in [2.05, 4.69) is 10.3 Å². The van der Waals surface area contributed by atoms with Crippen molar-refractivity contribution in [3.05, 3.63) is 65.2 Å². The monoisotopic (exact) mass is 328 g/mol. The van der Waals surface area contributed by atoms with Crippen LogP contribution in [0.1, 0.15) is 48.0 Å². The smallest absolute Gasteiger partial charge is 0.226 e. The number of carbonyl (C=O) groups excluding carboxylic acids is 1. The summed E-state index contributed by atoms with van der Waals surface area (Å²) in [6.45, 7) is 0. The maximum atomic E-state index is 14.3. The van der Waals surface area contributed by atoms with Gasteiger partial charge < -0.3 is 5.32 Å². The second-order valence-corrected chi connectivity index (χ2v) is 6.60. The van der Waals surface area contributed by atoms with Crippen LogP contribution in [0.2, 0.25) is 0 Å². The molecule has 0 bridgehead atoms. The van der Waals surface area contributed by atoms with Crippen molar-refractivity contribution in [1.29, 1.82) is 0 Å². The third-order valence-corrected chi connectivity index (χ3v) is 4.68. The third kappa shape index (κ3) is 3.03. The van der Waals surface area contributed by atoms with Crippen molar-refractivity contribution >= 4 is 5.91 Å². The second kappa shape index (κ2) is 5.96. The Morgan fingerprint density at radius 2 is 1.88 bits per heavy atom. The SMILES string of the molecule is O=C(NC(c1ccccc1)c1ccc(C2CC2)c(F)n1)C1CC1F. The lowest BCUT2D eigenvalue weighted by Gasteiger charge is -2.19. The molecule has 1 aromatic heterocycles. The number of nitrogens with zero attached hydrogens (tertiary/aromatic N) is 1. The van der Waals surface area contributed by atoms with Gasteiger partial charge in [-0.05, 0) is 36.8 Å². The van der Waals surface area contributed by atoms with Gasteiger partial charge in [0.25, 0.3) is 0 Å². The molecule has 5 heteroatoms. The predicted molar refractivity (Wildman–Crippen MR) is 85.6 cm³/mol. The van der Waals surface area contributed by atoms with Crippen LogP contribution in [0.25, 0.3) is 0 Å². The molecule has 1 amide bonds. The summed E-state index contributed by atoms with van der Waals surface area (Å²) in [4.78, 5) is 16.3. The molecule has 2 aliphatic carbocycles. The first-order valence-electron chi connectivity index (χ1n) is 8.29. The number of pyridine rings is 1. The Labute approximate surface area is 139 Å². The molecule has 24 heavy (non-hydrogen) atoms. The number of amides is 1. The number of benzene rings is 1. The molecule has 2 saturated carbocycles. The number of hydrogen-bond donors (Lipinski definition) is 1. The number of rotatable bonds is 5. The molecule has 0 spiro atoms. The standard InChI is InChI=1S/C19H18F2N2O/c20-15-10-14(15)19(24)23-17(12-4-2-1-3-5-12)16-9-8-13(11-6-7-11)18(21)22-16/h1-5,8-9,11,14-15,17H,6-7,10H2,(H,23,24). The fourth-order valence-electron chi connectivity index (χ4n) is 2.98. The highest BCUT2D eigenvalue weighted by molar-refractivity contribution is 5.82. The molecular formula is C19H18F2N2O. The largest absolute Gasteiger partial charge is 0.343 e. The van der Waals surface area contributed by atoms with E-state index in [-0.39, 0.29) is 18.2 Å². The predicted octanol–water partition coefficient (Wildman–Crippen LogP) is 3.66. The fourth-order valence-corrected chi connectivity index (χ4v) is 2.98. The van der Waals surface area contributed by atoms with Crippen LogP contribution in [0.15, 0.2) is 42.5 Å². The summed E-state index contributed by atoms with van der Waals surface area (Å²) in [5, 5.41) is 2.83. The third-order valence-electron chi connectivity index (χ3n) is 4.68. The number of carbonyl (C=O) groups is 1. The van der Waals surface area contributed by atoms with E-state index in [1.807, 2.05) is 30.3 Å². The summed E-state index contributed by atoms with van der Waals surface area (Å²) < 4.78 is 27.5. The van der Waals surface area contributed by atoms with Gasteiger partial charge in [0.1, 0.15) is 6.17 Å². The molecule has 2 fully saturated rings. The number of halogens is 2. The van der Waals surface area contributed by atoms with Gasteiger partial charge >= 0.3 is 0 Å². The summed E-state index contributed by atoms with van der Waals surface area (Å²) in [7, 11) is 0. The van der Waals surface area contributed by atoms with Crippen molar-refractivity contribution in [3.63, 3.8) is 0 Å². The summed E-state index contributed by atoms with van der Waals surface area (Å²) >= 11 is 0. The first kappa shape index (κ1) is 15.2. The molecule has 0 saturated heterocycles. The van der Waals surface area contributed by atoms with Gasteiger partial charge in [0.15, 0.2) is 0 Å². The zero-order chi connectivity index (χ0) is 16.7. The Balaban J connectivity index is 1.64. The average molecular weight is 328 g/mol. The Kier molecular flexibility index (Phi) is 3.79. The normalized spacial score (nSPS) is 23.6. The van der Waals surface area contributed by atoms with Crippen molar-refractivity contribution in [2.75, 3.05) is 0 Å². The van der Waals surface area contributed by atoms with Gasteiger partial charge in [0.05, 0.1) is 17.7 Å². The van der Waals surface area contributed by atoms with Gasteiger partial charge in [-0.3, -0.25) is 4.79 Å². The number of alkyl halides is 1. The van der Waals surface area contributed by atoms with Gasteiger partial charge in [0.2, 0.25) is 11.9 Å².